The molecular formula is C17H21N9O2. The van der Waals surface area contributed by atoms with Crippen LogP contribution in [0.4, 0.5) is 0 Å². The molecule has 11 nitrogen and oxygen atoms in total. The van der Waals surface area contributed by atoms with Crippen molar-refractivity contribution in [3.8, 4) is 11.5 Å². The Kier molecular flexibility index (Phi) is 5.45. The molecule has 3 rings (SSSR count). The molecule has 0 bridgehead atoms. The molecule has 0 spiro atoms. The van der Waals surface area contributed by atoms with E-state index < -0.39 is 5.91 Å². The minimum Gasteiger partial charge on any atom is -0.402 e. The van der Waals surface area contributed by atoms with Crippen LogP contribution in [-0.4, -0.2) is 59.4 Å². The maximum atomic E-state index is 11.8. The zero-order valence-electron chi connectivity index (χ0n) is 15.5. The third kappa shape index (κ3) is 3.88. The fourth-order valence-electron chi connectivity index (χ4n) is 2.58. The van der Waals surface area contributed by atoms with E-state index in [-0.39, 0.29) is 12.4 Å². The van der Waals surface area contributed by atoms with E-state index in [2.05, 4.69) is 30.1 Å². The Morgan fingerprint density at radius 3 is 2.86 bits per heavy atom. The summed E-state index contributed by atoms with van der Waals surface area (Å²) in [6.45, 7) is 3.96. The second kappa shape index (κ2) is 7.96. The van der Waals surface area contributed by atoms with Crippen LogP contribution >= 0.6 is 0 Å². The van der Waals surface area contributed by atoms with Crippen LogP contribution in [0.3, 0.4) is 0 Å². The number of carbonyl (C=O) groups excluding carboxylic acids is 1. The number of imidazole rings is 1. The van der Waals surface area contributed by atoms with Gasteiger partial charge >= 0.3 is 0 Å². The molecule has 6 N–H and O–H groups in total. The second-order valence-corrected chi connectivity index (χ2v) is 6.17. The van der Waals surface area contributed by atoms with E-state index in [4.69, 9.17) is 16.6 Å². The summed E-state index contributed by atoms with van der Waals surface area (Å²) >= 11 is 0. The molecule has 11 heteroatoms. The van der Waals surface area contributed by atoms with E-state index in [0.717, 1.165) is 0 Å². The van der Waals surface area contributed by atoms with E-state index >= 15 is 0 Å². The van der Waals surface area contributed by atoms with Gasteiger partial charge in [-0.05, 0) is 26.3 Å². The molecule has 0 fully saturated rings. The van der Waals surface area contributed by atoms with E-state index in [1.54, 1.807) is 36.7 Å². The number of H-pyrrole nitrogens is 1. The van der Waals surface area contributed by atoms with Gasteiger partial charge in [0, 0.05) is 25.0 Å². The highest BCUT2D eigenvalue weighted by atomic mass is 16.3. The van der Waals surface area contributed by atoms with Crippen molar-refractivity contribution < 1.29 is 9.90 Å². The summed E-state index contributed by atoms with van der Waals surface area (Å²) in [5, 5.41) is 15.9. The third-order valence-corrected chi connectivity index (χ3v) is 3.78. The minimum absolute atomic E-state index is 0.0320. The van der Waals surface area contributed by atoms with Crippen molar-refractivity contribution in [2.45, 2.75) is 20.3 Å². The van der Waals surface area contributed by atoms with Gasteiger partial charge in [0.15, 0.2) is 11.6 Å². The number of fused-ring (bicyclic) bond motifs is 1. The average Bonchev–Trinajstić information content (AvgIpc) is 3.25. The maximum Gasteiger partial charge on any atom is 0.285 e. The number of aryl methyl sites for hydroxylation is 1. The van der Waals surface area contributed by atoms with Crippen molar-refractivity contribution in [3.63, 3.8) is 0 Å². The number of hydrogen-bond donors (Lipinski definition) is 4. The Balaban J connectivity index is 2.07. The van der Waals surface area contributed by atoms with Gasteiger partial charge in [-0.25, -0.2) is 9.97 Å². The smallest absolute Gasteiger partial charge is 0.285 e. The number of aliphatic hydroxyl groups excluding tert-OH is 1. The average molecular weight is 383 g/mol. The van der Waals surface area contributed by atoms with Gasteiger partial charge in [0.1, 0.15) is 11.4 Å². The van der Waals surface area contributed by atoms with Gasteiger partial charge in [-0.1, -0.05) is 0 Å². The predicted octanol–water partition coefficient (Wildman–Crippen LogP) is -0.0443. The Bertz CT molecular complexity index is 1070. The van der Waals surface area contributed by atoms with Crippen molar-refractivity contribution in [3.05, 3.63) is 41.5 Å². The lowest BCUT2D eigenvalue weighted by molar-refractivity contribution is 0.0990. The van der Waals surface area contributed by atoms with Crippen molar-refractivity contribution in [2.75, 3.05) is 13.2 Å². The van der Waals surface area contributed by atoms with E-state index in [1.165, 1.54) is 0 Å². The first-order valence-corrected chi connectivity index (χ1v) is 8.57. The zero-order chi connectivity index (χ0) is 20.3. The topological polar surface area (TPSA) is 173 Å². The van der Waals surface area contributed by atoms with E-state index in [0.29, 0.717) is 52.9 Å². The molecule has 0 aliphatic heterocycles. The highest BCUT2D eigenvalue weighted by Crippen LogP contribution is 2.22. The molecule has 28 heavy (non-hydrogen) atoms. The number of nitrogens with two attached hydrogens (primary N) is 2. The van der Waals surface area contributed by atoms with E-state index in [9.17, 15) is 4.79 Å². The van der Waals surface area contributed by atoms with Crippen LogP contribution in [-0.2, 0) is 0 Å². The van der Waals surface area contributed by atoms with Gasteiger partial charge in [0.25, 0.3) is 5.91 Å². The molecule has 3 aromatic rings. The first-order chi connectivity index (χ1) is 13.4. The minimum atomic E-state index is -0.667. The molecule has 0 aliphatic carbocycles. The summed E-state index contributed by atoms with van der Waals surface area (Å²) in [5.74, 6) is 0.0608. The fraction of sp³-hybridized carbons (Fsp3) is 0.294. The number of amides is 1. The first kappa shape index (κ1) is 19.2. The van der Waals surface area contributed by atoms with Gasteiger partial charge in [0.05, 0.1) is 17.4 Å². The third-order valence-electron chi connectivity index (χ3n) is 3.78. The molecule has 0 radical (unpaired) electrons. The number of hydrogen-bond acceptors (Lipinski definition) is 8. The quantitative estimate of drug-likeness (QED) is 0.327. The number of aliphatic hydroxyl groups is 1. The van der Waals surface area contributed by atoms with Gasteiger partial charge in [-0.15, -0.1) is 0 Å². The second-order valence-electron chi connectivity index (χ2n) is 6.17. The van der Waals surface area contributed by atoms with Gasteiger partial charge in [-0.2, -0.15) is 5.10 Å². The Labute approximate surface area is 160 Å². The SMILES string of the molecule is CC(N)=CC(=NCCCO)c1n[nH]c(-c2nc(C(N)=O)n3cc(C)ncc23)n1. The number of primary amides is 1. The summed E-state index contributed by atoms with van der Waals surface area (Å²) in [6.07, 6.45) is 5.42. The molecule has 146 valence electrons. The van der Waals surface area contributed by atoms with Crippen molar-refractivity contribution in [2.24, 2.45) is 16.5 Å². The monoisotopic (exact) mass is 383 g/mol. The number of rotatable bonds is 7. The van der Waals surface area contributed by atoms with Crippen LogP contribution < -0.4 is 11.5 Å². The van der Waals surface area contributed by atoms with Gasteiger partial charge in [0.2, 0.25) is 5.82 Å². The Morgan fingerprint density at radius 2 is 2.18 bits per heavy atom. The van der Waals surface area contributed by atoms with Crippen LogP contribution in [0.1, 0.15) is 35.5 Å². The lowest BCUT2D eigenvalue weighted by atomic mass is 10.3. The van der Waals surface area contributed by atoms with Gasteiger partial charge < -0.3 is 16.6 Å². The molecule has 0 aliphatic rings. The maximum absolute atomic E-state index is 11.8. The number of aromatic amines is 1. The molecular weight excluding hydrogens is 362 g/mol. The highest BCUT2D eigenvalue weighted by molar-refractivity contribution is 6.06. The lowest BCUT2D eigenvalue weighted by Gasteiger charge is -1.98. The summed E-state index contributed by atoms with van der Waals surface area (Å²) in [6, 6.07) is 0. The highest BCUT2D eigenvalue weighted by Gasteiger charge is 2.20. The number of carbonyl (C=O) groups is 1. The Morgan fingerprint density at radius 1 is 1.39 bits per heavy atom. The van der Waals surface area contributed by atoms with Gasteiger partial charge in [-0.3, -0.25) is 24.3 Å². The number of allylic oxidation sites excluding steroid dienone is 2. The summed E-state index contributed by atoms with van der Waals surface area (Å²) in [5.41, 5.74) is 13.9. The molecule has 3 aromatic heterocycles. The zero-order valence-corrected chi connectivity index (χ0v) is 15.5. The Hall–Kier alpha value is -3.60. The molecule has 0 saturated heterocycles. The van der Waals surface area contributed by atoms with Crippen molar-refractivity contribution >= 4 is 17.1 Å². The fourth-order valence-corrected chi connectivity index (χ4v) is 2.58. The van der Waals surface area contributed by atoms with E-state index in [1.807, 2.05) is 0 Å². The molecule has 0 aromatic carbocycles. The number of aliphatic imine (C=N–C) groups is 1. The van der Waals surface area contributed by atoms with Crippen LogP contribution in [0.15, 0.2) is 29.2 Å². The number of aromatic nitrogens is 6. The number of nitrogens with one attached hydrogen (secondary N) is 1. The predicted molar refractivity (Wildman–Crippen MR) is 103 cm³/mol. The first-order valence-electron chi connectivity index (χ1n) is 8.57. The standard InChI is InChI=1S/C17H21N9O2/c1-9(18)6-11(20-4-3-5-27)15-23-16(25-24-15)13-12-7-21-10(2)8-26(12)17(22-13)14(19)28/h6-8,27H,3-5,18H2,1-2H3,(H2,19,28)(H,23,24,25). The molecule has 0 saturated carbocycles. The molecule has 3 heterocycles. The summed E-state index contributed by atoms with van der Waals surface area (Å²) < 4.78 is 1.57. The molecule has 1 amide bonds. The van der Waals surface area contributed by atoms with Crippen LogP contribution in [0.25, 0.3) is 17.0 Å². The van der Waals surface area contributed by atoms with Crippen LogP contribution in [0.5, 0.6) is 0 Å². The molecule has 0 unspecified atom stereocenters. The molecule has 0 atom stereocenters. The van der Waals surface area contributed by atoms with Crippen LogP contribution in [0.2, 0.25) is 0 Å². The summed E-state index contributed by atoms with van der Waals surface area (Å²) in [4.78, 5) is 29.1. The van der Waals surface area contributed by atoms with Crippen molar-refractivity contribution in [1.29, 1.82) is 0 Å². The van der Waals surface area contributed by atoms with Crippen LogP contribution in [0, 0.1) is 6.92 Å². The summed E-state index contributed by atoms with van der Waals surface area (Å²) in [7, 11) is 0. The largest absolute Gasteiger partial charge is 0.402 e. The normalized spacial score (nSPS) is 12.7. The number of nitrogens with zero attached hydrogens (tertiary/aromatic N) is 6. The van der Waals surface area contributed by atoms with Crippen molar-refractivity contribution in [1.82, 2.24) is 29.5 Å². The lowest BCUT2D eigenvalue weighted by Crippen LogP contribution is -2.15.